The van der Waals surface area contributed by atoms with E-state index in [1.54, 1.807) is 18.2 Å². The van der Waals surface area contributed by atoms with Gasteiger partial charge in [0.1, 0.15) is 11.5 Å². The summed E-state index contributed by atoms with van der Waals surface area (Å²) >= 11 is 6.18. The SMILES string of the molecule is Cc1cc(OC[C@@]2(CC(=O)N3CCN(C)CC3)CCCN(Cc3cccc(OC(F)(F)F)c3)C2)ccc1Cl. The zero-order valence-electron chi connectivity index (χ0n) is 21.9. The number of carbonyl (C=O) groups excluding carboxylic acids is 1. The Balaban J connectivity index is 1.49. The number of piperazine rings is 1. The lowest BCUT2D eigenvalue weighted by molar-refractivity contribution is -0.274. The van der Waals surface area contributed by atoms with Crippen molar-refractivity contribution >= 4 is 17.5 Å². The van der Waals surface area contributed by atoms with Gasteiger partial charge in [0.2, 0.25) is 5.91 Å². The summed E-state index contributed by atoms with van der Waals surface area (Å²) in [7, 11) is 2.05. The first-order valence-corrected chi connectivity index (χ1v) is 13.3. The summed E-state index contributed by atoms with van der Waals surface area (Å²) in [6.45, 7) is 7.24. The Morgan fingerprint density at radius 1 is 1.05 bits per heavy atom. The van der Waals surface area contributed by atoms with Crippen LogP contribution in [-0.2, 0) is 11.3 Å². The Morgan fingerprint density at radius 3 is 2.53 bits per heavy atom. The molecule has 2 aromatic rings. The molecule has 0 aliphatic carbocycles. The lowest BCUT2D eigenvalue weighted by Crippen LogP contribution is -2.52. The number of hydrogen-bond donors (Lipinski definition) is 0. The molecule has 38 heavy (non-hydrogen) atoms. The third-order valence-corrected chi connectivity index (χ3v) is 7.76. The summed E-state index contributed by atoms with van der Waals surface area (Å²) in [5, 5.41) is 0.665. The monoisotopic (exact) mass is 553 g/mol. The maximum Gasteiger partial charge on any atom is 0.573 e. The van der Waals surface area contributed by atoms with Crippen molar-refractivity contribution in [3.63, 3.8) is 0 Å². The van der Waals surface area contributed by atoms with Crippen LogP contribution in [0.25, 0.3) is 0 Å². The molecule has 2 fully saturated rings. The molecule has 208 valence electrons. The van der Waals surface area contributed by atoms with Crippen molar-refractivity contribution < 1.29 is 27.4 Å². The lowest BCUT2D eigenvalue weighted by atomic mass is 9.77. The van der Waals surface area contributed by atoms with Crippen molar-refractivity contribution in [2.24, 2.45) is 5.41 Å². The lowest BCUT2D eigenvalue weighted by Gasteiger charge is -2.43. The summed E-state index contributed by atoms with van der Waals surface area (Å²) in [6, 6.07) is 11.6. The van der Waals surface area contributed by atoms with E-state index in [1.165, 1.54) is 12.1 Å². The van der Waals surface area contributed by atoms with Gasteiger partial charge in [-0.1, -0.05) is 23.7 Å². The van der Waals surface area contributed by atoms with E-state index in [9.17, 15) is 18.0 Å². The van der Waals surface area contributed by atoms with Crippen LogP contribution in [0.1, 0.15) is 30.4 Å². The largest absolute Gasteiger partial charge is 0.573 e. The van der Waals surface area contributed by atoms with Crippen LogP contribution in [0.2, 0.25) is 5.02 Å². The van der Waals surface area contributed by atoms with Crippen molar-refractivity contribution in [3.05, 3.63) is 58.6 Å². The second kappa shape index (κ2) is 12.1. The van der Waals surface area contributed by atoms with Crippen LogP contribution in [0.5, 0.6) is 11.5 Å². The van der Waals surface area contributed by atoms with E-state index in [4.69, 9.17) is 16.3 Å². The molecule has 6 nitrogen and oxygen atoms in total. The molecule has 1 amide bonds. The van der Waals surface area contributed by atoms with Crippen LogP contribution in [-0.4, -0.2) is 79.9 Å². The maximum atomic E-state index is 13.4. The summed E-state index contributed by atoms with van der Waals surface area (Å²) in [5.74, 6) is 0.591. The highest BCUT2D eigenvalue weighted by Crippen LogP contribution is 2.36. The molecule has 1 atom stereocenters. The Bertz CT molecular complexity index is 1110. The average Bonchev–Trinajstić information content (AvgIpc) is 2.84. The van der Waals surface area contributed by atoms with E-state index in [0.29, 0.717) is 50.0 Å². The van der Waals surface area contributed by atoms with Gasteiger partial charge in [0, 0.05) is 56.1 Å². The van der Waals surface area contributed by atoms with E-state index >= 15 is 0 Å². The third-order valence-electron chi connectivity index (χ3n) is 7.34. The van der Waals surface area contributed by atoms with Gasteiger partial charge in [-0.25, -0.2) is 0 Å². The van der Waals surface area contributed by atoms with Gasteiger partial charge in [0.05, 0.1) is 6.61 Å². The number of likely N-dealkylation sites (tertiary alicyclic amines) is 1. The second-order valence-electron chi connectivity index (χ2n) is 10.6. The number of benzene rings is 2. The van der Waals surface area contributed by atoms with E-state index in [2.05, 4.69) is 21.6 Å². The molecule has 2 aliphatic heterocycles. The van der Waals surface area contributed by atoms with Crippen molar-refractivity contribution in [3.8, 4) is 11.5 Å². The number of nitrogens with zero attached hydrogens (tertiary/aromatic N) is 3. The highest BCUT2D eigenvalue weighted by molar-refractivity contribution is 6.31. The highest BCUT2D eigenvalue weighted by atomic mass is 35.5. The molecule has 2 heterocycles. The topological polar surface area (TPSA) is 45.2 Å². The Labute approximate surface area is 227 Å². The molecule has 2 saturated heterocycles. The van der Waals surface area contributed by atoms with Crippen LogP contribution < -0.4 is 9.47 Å². The fourth-order valence-electron chi connectivity index (χ4n) is 5.29. The van der Waals surface area contributed by atoms with Gasteiger partial charge in [0.25, 0.3) is 0 Å². The Kier molecular flexibility index (Phi) is 9.11. The van der Waals surface area contributed by atoms with Gasteiger partial charge in [-0.15, -0.1) is 13.2 Å². The molecule has 0 bridgehead atoms. The molecule has 10 heteroatoms. The van der Waals surface area contributed by atoms with Crippen LogP contribution >= 0.6 is 11.6 Å². The van der Waals surface area contributed by atoms with Gasteiger partial charge in [0.15, 0.2) is 0 Å². The summed E-state index contributed by atoms with van der Waals surface area (Å²) < 4.78 is 48.5. The molecule has 0 unspecified atom stereocenters. The standard InChI is InChI=1S/C28H35ClF3N3O3/c1-21-15-23(7-8-25(21)29)37-20-27(17-26(36)35-13-11-33(2)12-14-35)9-4-10-34(19-27)18-22-5-3-6-24(16-22)38-28(30,31)32/h3,5-8,15-16H,4,9-14,17-20H2,1-2H3/t27-/m1/s1. The first-order chi connectivity index (χ1) is 18.0. The Morgan fingerprint density at radius 2 is 1.82 bits per heavy atom. The number of carbonyl (C=O) groups is 1. The molecular formula is C28H35ClF3N3O3. The number of rotatable bonds is 8. The van der Waals surface area contributed by atoms with Gasteiger partial charge in [-0.3, -0.25) is 9.69 Å². The molecule has 0 N–H and O–H groups in total. The highest BCUT2D eigenvalue weighted by Gasteiger charge is 2.40. The molecule has 2 aromatic carbocycles. The average molecular weight is 554 g/mol. The van der Waals surface area contributed by atoms with Crippen LogP contribution in [0.15, 0.2) is 42.5 Å². The maximum absolute atomic E-state index is 13.4. The molecule has 0 spiro atoms. The van der Waals surface area contributed by atoms with Crippen LogP contribution in [0.3, 0.4) is 0 Å². The predicted molar refractivity (Wildman–Crippen MR) is 140 cm³/mol. The molecular weight excluding hydrogens is 519 g/mol. The minimum Gasteiger partial charge on any atom is -0.493 e. The number of halogens is 4. The summed E-state index contributed by atoms with van der Waals surface area (Å²) in [5.41, 5.74) is 1.21. The van der Waals surface area contributed by atoms with Gasteiger partial charge < -0.3 is 19.3 Å². The fourth-order valence-corrected chi connectivity index (χ4v) is 5.41. The smallest absolute Gasteiger partial charge is 0.493 e. The van der Waals surface area contributed by atoms with Crippen LogP contribution in [0.4, 0.5) is 13.2 Å². The number of aryl methyl sites for hydroxylation is 1. The van der Waals surface area contributed by atoms with E-state index in [1.807, 2.05) is 24.0 Å². The number of ether oxygens (including phenoxy) is 2. The van der Waals surface area contributed by atoms with Gasteiger partial charge >= 0.3 is 6.36 Å². The molecule has 0 radical (unpaired) electrons. The quantitative estimate of drug-likeness (QED) is 0.440. The van der Waals surface area contributed by atoms with Crippen molar-refractivity contribution in [1.82, 2.24) is 14.7 Å². The third kappa shape index (κ3) is 8.01. The van der Waals surface area contributed by atoms with Crippen LogP contribution in [0, 0.1) is 12.3 Å². The molecule has 0 saturated carbocycles. The summed E-state index contributed by atoms with van der Waals surface area (Å²) in [4.78, 5) is 19.8. The number of amides is 1. The molecule has 2 aliphatic rings. The number of likely N-dealkylation sites (N-methyl/N-ethyl adjacent to an activating group) is 1. The number of piperidine rings is 1. The first-order valence-electron chi connectivity index (χ1n) is 12.9. The van der Waals surface area contributed by atoms with E-state index in [0.717, 1.165) is 43.6 Å². The minimum atomic E-state index is -4.74. The van der Waals surface area contributed by atoms with Crippen molar-refractivity contribution in [2.75, 3.05) is 52.9 Å². The van der Waals surface area contributed by atoms with Crippen molar-refractivity contribution in [1.29, 1.82) is 0 Å². The zero-order chi connectivity index (χ0) is 27.3. The van der Waals surface area contributed by atoms with Crippen molar-refractivity contribution in [2.45, 2.75) is 39.1 Å². The number of hydrogen-bond acceptors (Lipinski definition) is 5. The Hall–Kier alpha value is -2.49. The minimum absolute atomic E-state index is 0.122. The first kappa shape index (κ1) is 28.5. The van der Waals surface area contributed by atoms with E-state index < -0.39 is 11.8 Å². The normalized spacial score (nSPS) is 21.4. The summed E-state index contributed by atoms with van der Waals surface area (Å²) in [6.07, 6.45) is -2.69. The van der Waals surface area contributed by atoms with Gasteiger partial charge in [-0.2, -0.15) is 0 Å². The second-order valence-corrected chi connectivity index (χ2v) is 11.0. The number of alkyl halides is 3. The molecule has 4 rings (SSSR count). The van der Waals surface area contributed by atoms with E-state index in [-0.39, 0.29) is 11.7 Å². The molecule has 0 aromatic heterocycles. The van der Waals surface area contributed by atoms with Gasteiger partial charge in [-0.05, 0) is 74.8 Å². The zero-order valence-corrected chi connectivity index (χ0v) is 22.7. The predicted octanol–water partition coefficient (Wildman–Crippen LogP) is 5.37. The fraction of sp³-hybridized carbons (Fsp3) is 0.536.